The van der Waals surface area contributed by atoms with E-state index >= 15 is 0 Å². The lowest BCUT2D eigenvalue weighted by Crippen LogP contribution is -2.02. The Labute approximate surface area is 197 Å². The van der Waals surface area contributed by atoms with Gasteiger partial charge in [0.05, 0.1) is 13.2 Å². The van der Waals surface area contributed by atoms with Gasteiger partial charge in [0.1, 0.15) is 5.75 Å². The molecule has 3 nitrogen and oxygen atoms in total. The van der Waals surface area contributed by atoms with Crippen molar-refractivity contribution in [1.29, 1.82) is 0 Å². The first-order valence-corrected chi connectivity index (χ1v) is 11.7. The summed E-state index contributed by atoms with van der Waals surface area (Å²) in [5.41, 5.74) is 4.70. The highest BCUT2D eigenvalue weighted by Crippen LogP contribution is 2.28. The highest BCUT2D eigenvalue weighted by molar-refractivity contribution is 5.93. The molecule has 0 fully saturated rings. The Kier molecular flexibility index (Phi) is 9.15. The minimum absolute atomic E-state index is 0.358. The molecule has 170 valence electrons. The molecule has 0 aliphatic carbocycles. The van der Waals surface area contributed by atoms with E-state index in [0.29, 0.717) is 13.2 Å². The van der Waals surface area contributed by atoms with Crippen LogP contribution in [0.15, 0.2) is 67.3 Å². The summed E-state index contributed by atoms with van der Waals surface area (Å²) in [6.45, 7) is 8.81. The molecule has 0 amide bonds. The van der Waals surface area contributed by atoms with E-state index in [1.54, 1.807) is 0 Å². The van der Waals surface area contributed by atoms with Gasteiger partial charge in [-0.05, 0) is 74.4 Å². The van der Waals surface area contributed by atoms with E-state index in [1.165, 1.54) is 17.2 Å². The zero-order valence-electron chi connectivity index (χ0n) is 19.7. The maximum absolute atomic E-state index is 11.0. The molecule has 0 N–H and O–H groups in total. The van der Waals surface area contributed by atoms with Crippen molar-refractivity contribution in [2.24, 2.45) is 0 Å². The van der Waals surface area contributed by atoms with Crippen LogP contribution in [-0.2, 0) is 16.0 Å². The van der Waals surface area contributed by atoms with Gasteiger partial charge in [0.2, 0.25) is 0 Å². The summed E-state index contributed by atoms with van der Waals surface area (Å²) in [6, 6.07) is 18.7. The molecule has 0 saturated heterocycles. The second kappa shape index (κ2) is 12.5. The van der Waals surface area contributed by atoms with Crippen LogP contribution in [0.1, 0.15) is 54.9 Å². The van der Waals surface area contributed by atoms with E-state index in [4.69, 9.17) is 9.47 Å². The molecular weight excluding hydrogens is 408 g/mol. The molecule has 0 heterocycles. The average Bonchev–Trinajstić information content (AvgIpc) is 2.85. The topological polar surface area (TPSA) is 35.5 Å². The molecular formula is C30H32O3. The van der Waals surface area contributed by atoms with Gasteiger partial charge >= 0.3 is 5.97 Å². The molecule has 0 spiro atoms. The number of ether oxygens (including phenoxy) is 2. The standard InChI is InChI=1S/C30H32O3/c1-4-25-22-24(15-14-23(25)3)16-17-26-18-19-29(28-13-9-8-12-27(26)28)32-20-10-6-7-11-21-33-30(31)5-2/h5,8-9,12-15,18-19,22H,2,4,6-7,10-11,20-21H2,1,3H3. The zero-order valence-corrected chi connectivity index (χ0v) is 19.7. The van der Waals surface area contributed by atoms with Gasteiger partial charge in [-0.2, -0.15) is 0 Å². The minimum atomic E-state index is -0.358. The van der Waals surface area contributed by atoms with Crippen LogP contribution < -0.4 is 4.74 Å². The van der Waals surface area contributed by atoms with Crippen LogP contribution in [0.3, 0.4) is 0 Å². The molecule has 3 aromatic carbocycles. The summed E-state index contributed by atoms with van der Waals surface area (Å²) in [5.74, 6) is 7.23. The second-order valence-electron chi connectivity index (χ2n) is 8.04. The van der Waals surface area contributed by atoms with Gasteiger partial charge in [-0.1, -0.05) is 55.7 Å². The third-order valence-electron chi connectivity index (χ3n) is 5.66. The first kappa shape index (κ1) is 24.1. The van der Waals surface area contributed by atoms with Crippen molar-refractivity contribution in [1.82, 2.24) is 0 Å². The number of hydrogen-bond donors (Lipinski definition) is 0. The number of benzene rings is 3. The number of unbranched alkanes of at least 4 members (excludes halogenated alkanes) is 3. The quantitative estimate of drug-likeness (QED) is 0.151. The van der Waals surface area contributed by atoms with E-state index in [-0.39, 0.29) is 5.97 Å². The van der Waals surface area contributed by atoms with Crippen LogP contribution >= 0.6 is 0 Å². The zero-order chi connectivity index (χ0) is 23.5. The fraction of sp³-hybridized carbons (Fsp3) is 0.300. The smallest absolute Gasteiger partial charge is 0.330 e. The van der Waals surface area contributed by atoms with E-state index in [2.05, 4.69) is 62.6 Å². The Hall–Kier alpha value is -3.51. The molecule has 0 aliphatic rings. The van der Waals surface area contributed by atoms with Gasteiger partial charge < -0.3 is 9.47 Å². The van der Waals surface area contributed by atoms with Crippen molar-refractivity contribution in [2.75, 3.05) is 13.2 Å². The number of carbonyl (C=O) groups excluding carboxylic acids is 1. The maximum atomic E-state index is 11.0. The van der Waals surface area contributed by atoms with Crippen LogP contribution in [0.4, 0.5) is 0 Å². The molecule has 0 aliphatic heterocycles. The number of fused-ring (bicyclic) bond motifs is 1. The van der Waals surface area contributed by atoms with Crippen LogP contribution in [0, 0.1) is 18.8 Å². The Morgan fingerprint density at radius 3 is 2.45 bits per heavy atom. The van der Waals surface area contributed by atoms with Crippen molar-refractivity contribution in [3.8, 4) is 17.6 Å². The molecule has 0 atom stereocenters. The van der Waals surface area contributed by atoms with Crippen molar-refractivity contribution in [2.45, 2.75) is 46.0 Å². The van der Waals surface area contributed by atoms with Crippen molar-refractivity contribution >= 4 is 16.7 Å². The second-order valence-corrected chi connectivity index (χ2v) is 8.04. The predicted molar refractivity (Wildman–Crippen MR) is 136 cm³/mol. The van der Waals surface area contributed by atoms with Crippen molar-refractivity contribution in [3.05, 3.63) is 89.5 Å². The van der Waals surface area contributed by atoms with Gasteiger partial charge in [-0.3, -0.25) is 0 Å². The minimum Gasteiger partial charge on any atom is -0.493 e. The number of esters is 1. The number of hydrogen-bond acceptors (Lipinski definition) is 3. The highest BCUT2D eigenvalue weighted by Gasteiger charge is 2.06. The average molecular weight is 441 g/mol. The van der Waals surface area contributed by atoms with Gasteiger partial charge in [-0.15, -0.1) is 0 Å². The molecule has 0 aromatic heterocycles. The van der Waals surface area contributed by atoms with Crippen molar-refractivity contribution in [3.63, 3.8) is 0 Å². The Balaban J connectivity index is 1.61. The first-order valence-electron chi connectivity index (χ1n) is 11.7. The molecule has 33 heavy (non-hydrogen) atoms. The van der Waals surface area contributed by atoms with Gasteiger partial charge in [0, 0.05) is 28.0 Å². The van der Waals surface area contributed by atoms with Crippen molar-refractivity contribution < 1.29 is 14.3 Å². The van der Waals surface area contributed by atoms with E-state index in [0.717, 1.165) is 59.8 Å². The largest absolute Gasteiger partial charge is 0.493 e. The molecule has 0 unspecified atom stereocenters. The van der Waals surface area contributed by atoms with Crippen LogP contribution in [0.2, 0.25) is 0 Å². The van der Waals surface area contributed by atoms with Crippen LogP contribution in [-0.4, -0.2) is 19.2 Å². The monoisotopic (exact) mass is 440 g/mol. The van der Waals surface area contributed by atoms with E-state index in [1.807, 2.05) is 24.3 Å². The van der Waals surface area contributed by atoms with Crippen LogP contribution in [0.5, 0.6) is 5.75 Å². The van der Waals surface area contributed by atoms with Crippen LogP contribution in [0.25, 0.3) is 10.8 Å². The fourth-order valence-corrected chi connectivity index (χ4v) is 3.75. The SMILES string of the molecule is C=CC(=O)OCCCCCCOc1ccc(C#Cc2ccc(C)c(CC)c2)c2ccccc12. The normalized spacial score (nSPS) is 10.4. The molecule has 3 rings (SSSR count). The molecule has 0 saturated carbocycles. The third kappa shape index (κ3) is 6.99. The summed E-state index contributed by atoms with van der Waals surface area (Å²) in [6.07, 6.45) is 6.05. The molecule has 0 radical (unpaired) electrons. The predicted octanol–water partition coefficient (Wildman–Crippen LogP) is 6.78. The highest BCUT2D eigenvalue weighted by atomic mass is 16.5. The Morgan fingerprint density at radius 1 is 0.939 bits per heavy atom. The lowest BCUT2D eigenvalue weighted by Gasteiger charge is -2.11. The van der Waals surface area contributed by atoms with Gasteiger partial charge in [-0.25, -0.2) is 4.79 Å². The summed E-state index contributed by atoms with van der Waals surface area (Å²) in [4.78, 5) is 11.0. The lowest BCUT2D eigenvalue weighted by molar-refractivity contribution is -0.137. The van der Waals surface area contributed by atoms with Gasteiger partial charge in [0.15, 0.2) is 0 Å². The first-order chi connectivity index (χ1) is 16.1. The third-order valence-corrected chi connectivity index (χ3v) is 5.66. The fourth-order valence-electron chi connectivity index (χ4n) is 3.75. The summed E-state index contributed by atoms with van der Waals surface area (Å²) in [7, 11) is 0. The Morgan fingerprint density at radius 2 is 1.70 bits per heavy atom. The summed E-state index contributed by atoms with van der Waals surface area (Å²) < 4.78 is 11.1. The Bertz CT molecular complexity index is 1160. The van der Waals surface area contributed by atoms with Gasteiger partial charge in [0.25, 0.3) is 0 Å². The number of rotatable bonds is 10. The van der Waals surface area contributed by atoms with E-state index < -0.39 is 0 Å². The number of aryl methyl sites for hydroxylation is 2. The molecule has 3 aromatic rings. The molecule has 3 heteroatoms. The summed E-state index contributed by atoms with van der Waals surface area (Å²) >= 11 is 0. The van der Waals surface area contributed by atoms with E-state index in [9.17, 15) is 4.79 Å². The maximum Gasteiger partial charge on any atom is 0.330 e. The molecule has 0 bridgehead atoms. The summed E-state index contributed by atoms with van der Waals surface area (Å²) in [5, 5.41) is 2.19. The lowest BCUT2D eigenvalue weighted by atomic mass is 10.0. The number of carbonyl (C=O) groups is 1.